The predicted molar refractivity (Wildman–Crippen MR) is 121 cm³/mol. The lowest BCUT2D eigenvalue weighted by Gasteiger charge is -2.16. The van der Waals surface area contributed by atoms with Gasteiger partial charge in [-0.15, -0.1) is 0 Å². The molecule has 1 atom stereocenters. The molecule has 1 rings (SSSR count). The number of rotatable bonds is 17. The molecule has 1 unspecified atom stereocenters. The van der Waals surface area contributed by atoms with Gasteiger partial charge in [0.25, 0.3) is 0 Å². The first-order valence-electron chi connectivity index (χ1n) is 11.8. The molecule has 0 aliphatic heterocycles. The lowest BCUT2D eigenvalue weighted by atomic mass is 10.2. The number of esters is 2. The van der Waals surface area contributed by atoms with E-state index in [4.69, 9.17) is 18.9 Å². The van der Waals surface area contributed by atoms with Crippen LogP contribution in [-0.4, -0.2) is 37.4 Å². The molecule has 0 radical (unpaired) electrons. The van der Waals surface area contributed by atoms with Crippen LogP contribution in [0, 0.1) is 0 Å². The Balaban J connectivity index is 2.48. The zero-order valence-electron chi connectivity index (χ0n) is 19.5. The quantitative estimate of drug-likeness (QED) is 0.170. The van der Waals surface area contributed by atoms with E-state index in [9.17, 15) is 14.4 Å². The second-order valence-corrected chi connectivity index (χ2v) is 7.68. The first kappa shape index (κ1) is 27.5. The van der Waals surface area contributed by atoms with Crippen molar-refractivity contribution in [3.63, 3.8) is 0 Å². The number of ether oxygens (including phenoxy) is 4. The molecule has 32 heavy (non-hydrogen) atoms. The first-order valence-corrected chi connectivity index (χ1v) is 11.8. The molecule has 0 saturated carbocycles. The summed E-state index contributed by atoms with van der Waals surface area (Å²) < 4.78 is 20.7. The van der Waals surface area contributed by atoms with Gasteiger partial charge in [-0.2, -0.15) is 0 Å². The molecule has 1 aromatic carbocycles. The summed E-state index contributed by atoms with van der Waals surface area (Å²) in [5.74, 6) is -1.10. The van der Waals surface area contributed by atoms with Crippen LogP contribution in [0.25, 0.3) is 0 Å². The summed E-state index contributed by atoms with van der Waals surface area (Å²) in [5.41, 5.74) is 0.797. The first-order chi connectivity index (χ1) is 15.6. The van der Waals surface area contributed by atoms with E-state index < -0.39 is 24.2 Å². The van der Waals surface area contributed by atoms with Gasteiger partial charge < -0.3 is 18.9 Å². The van der Waals surface area contributed by atoms with Crippen molar-refractivity contribution in [2.45, 2.75) is 90.8 Å². The molecule has 7 heteroatoms. The standard InChI is InChI=1S/C25H38O7/c1-3-5-7-12-18-29-23(26)17-16-22(24(27)30-19-13-8-6-4-2)32-25(28)31-20-21-14-10-9-11-15-21/h9-11,14-15,22H,3-8,12-13,16-20H2,1-2H3. The van der Waals surface area contributed by atoms with E-state index in [2.05, 4.69) is 13.8 Å². The molecular formula is C25H38O7. The highest BCUT2D eigenvalue weighted by atomic mass is 16.7. The van der Waals surface area contributed by atoms with Crippen LogP contribution in [0.3, 0.4) is 0 Å². The van der Waals surface area contributed by atoms with E-state index in [1.807, 2.05) is 30.3 Å². The third-order valence-electron chi connectivity index (χ3n) is 4.81. The number of carbonyl (C=O) groups excluding carboxylic acids is 3. The summed E-state index contributed by atoms with van der Waals surface area (Å²) in [6.45, 7) is 4.84. The average Bonchev–Trinajstić information content (AvgIpc) is 2.80. The van der Waals surface area contributed by atoms with Crippen molar-refractivity contribution in [1.29, 1.82) is 0 Å². The van der Waals surface area contributed by atoms with Gasteiger partial charge in [0.15, 0.2) is 0 Å². The Morgan fingerprint density at radius 1 is 0.781 bits per heavy atom. The third kappa shape index (κ3) is 13.7. The topological polar surface area (TPSA) is 88.1 Å². The van der Waals surface area contributed by atoms with E-state index in [0.717, 1.165) is 56.9 Å². The molecule has 0 aromatic heterocycles. The van der Waals surface area contributed by atoms with Crippen LogP contribution in [0.4, 0.5) is 4.79 Å². The third-order valence-corrected chi connectivity index (χ3v) is 4.81. The maximum Gasteiger partial charge on any atom is 0.509 e. The Morgan fingerprint density at radius 3 is 2.03 bits per heavy atom. The lowest BCUT2D eigenvalue weighted by molar-refractivity contribution is -0.156. The van der Waals surface area contributed by atoms with E-state index in [0.29, 0.717) is 6.61 Å². The Labute approximate surface area is 191 Å². The van der Waals surface area contributed by atoms with Crippen LogP contribution < -0.4 is 0 Å². The van der Waals surface area contributed by atoms with Crippen LogP contribution in [-0.2, 0) is 35.1 Å². The molecule has 0 spiro atoms. The second-order valence-electron chi connectivity index (χ2n) is 7.68. The Morgan fingerprint density at radius 2 is 1.41 bits per heavy atom. The summed E-state index contributed by atoms with van der Waals surface area (Å²) in [6.07, 6.45) is 5.61. The van der Waals surface area contributed by atoms with Crippen molar-refractivity contribution in [3.05, 3.63) is 35.9 Å². The SMILES string of the molecule is CCCCCCOC(=O)CCC(OC(=O)OCc1ccccc1)C(=O)OCCCCCC. The fourth-order valence-corrected chi connectivity index (χ4v) is 2.92. The molecule has 0 bridgehead atoms. The zero-order chi connectivity index (χ0) is 23.4. The molecule has 180 valence electrons. The fraction of sp³-hybridized carbons (Fsp3) is 0.640. The summed E-state index contributed by atoms with van der Waals surface area (Å²) in [6, 6.07) is 9.14. The Kier molecular flexibility index (Phi) is 15.5. The number of unbranched alkanes of at least 4 members (excludes halogenated alkanes) is 6. The Bertz CT molecular complexity index is 645. The average molecular weight is 451 g/mol. The van der Waals surface area contributed by atoms with Crippen LogP contribution in [0.15, 0.2) is 30.3 Å². The van der Waals surface area contributed by atoms with Gasteiger partial charge in [0.2, 0.25) is 6.10 Å². The van der Waals surface area contributed by atoms with E-state index in [1.54, 1.807) is 0 Å². The van der Waals surface area contributed by atoms with Gasteiger partial charge in [-0.1, -0.05) is 82.7 Å². The van der Waals surface area contributed by atoms with Crippen LogP contribution in [0.5, 0.6) is 0 Å². The van der Waals surface area contributed by atoms with Crippen molar-refractivity contribution in [2.24, 2.45) is 0 Å². The minimum atomic E-state index is -1.21. The predicted octanol–water partition coefficient (Wildman–Crippen LogP) is 5.74. The minimum Gasteiger partial charge on any atom is -0.466 e. The van der Waals surface area contributed by atoms with Crippen molar-refractivity contribution in [1.82, 2.24) is 0 Å². The highest BCUT2D eigenvalue weighted by Gasteiger charge is 2.26. The maximum absolute atomic E-state index is 12.4. The highest BCUT2D eigenvalue weighted by Crippen LogP contribution is 2.11. The van der Waals surface area contributed by atoms with Crippen molar-refractivity contribution >= 4 is 18.1 Å². The van der Waals surface area contributed by atoms with Gasteiger partial charge in [-0.25, -0.2) is 9.59 Å². The summed E-state index contributed by atoms with van der Waals surface area (Å²) >= 11 is 0. The van der Waals surface area contributed by atoms with Crippen molar-refractivity contribution in [3.8, 4) is 0 Å². The van der Waals surface area contributed by atoms with Gasteiger partial charge >= 0.3 is 18.1 Å². The van der Waals surface area contributed by atoms with Gasteiger partial charge in [-0.3, -0.25) is 4.79 Å². The molecule has 7 nitrogen and oxygen atoms in total. The van der Waals surface area contributed by atoms with E-state index in [1.165, 1.54) is 0 Å². The summed E-state index contributed by atoms with van der Waals surface area (Å²) in [7, 11) is 0. The van der Waals surface area contributed by atoms with Crippen LogP contribution in [0.2, 0.25) is 0 Å². The minimum absolute atomic E-state index is 0.0119. The zero-order valence-corrected chi connectivity index (χ0v) is 19.5. The smallest absolute Gasteiger partial charge is 0.466 e. The number of carbonyl (C=O) groups is 3. The molecule has 0 N–H and O–H groups in total. The normalized spacial score (nSPS) is 11.4. The van der Waals surface area contributed by atoms with Gasteiger partial charge in [-0.05, 0) is 18.4 Å². The number of hydrogen-bond acceptors (Lipinski definition) is 7. The van der Waals surface area contributed by atoms with Crippen LogP contribution >= 0.6 is 0 Å². The molecule has 1 aromatic rings. The van der Waals surface area contributed by atoms with Gasteiger partial charge in [0, 0.05) is 12.8 Å². The lowest BCUT2D eigenvalue weighted by Crippen LogP contribution is -2.30. The molecule has 0 amide bonds. The molecule has 0 aliphatic carbocycles. The number of benzene rings is 1. The molecule has 0 aliphatic rings. The monoisotopic (exact) mass is 450 g/mol. The second kappa shape index (κ2) is 18.0. The number of hydrogen-bond donors (Lipinski definition) is 0. The van der Waals surface area contributed by atoms with Crippen molar-refractivity contribution in [2.75, 3.05) is 13.2 Å². The van der Waals surface area contributed by atoms with Crippen LogP contribution in [0.1, 0.15) is 83.6 Å². The van der Waals surface area contributed by atoms with Crippen molar-refractivity contribution < 1.29 is 33.3 Å². The van der Waals surface area contributed by atoms with E-state index >= 15 is 0 Å². The fourth-order valence-electron chi connectivity index (χ4n) is 2.92. The van der Waals surface area contributed by atoms with E-state index in [-0.39, 0.29) is 26.1 Å². The molecule has 0 fully saturated rings. The van der Waals surface area contributed by atoms with Gasteiger partial charge in [0.1, 0.15) is 6.61 Å². The summed E-state index contributed by atoms with van der Waals surface area (Å²) in [5, 5.41) is 0. The highest BCUT2D eigenvalue weighted by molar-refractivity contribution is 5.78. The molecule has 0 heterocycles. The van der Waals surface area contributed by atoms with Gasteiger partial charge in [0.05, 0.1) is 13.2 Å². The molecular weight excluding hydrogens is 412 g/mol. The Hall–Kier alpha value is -2.57. The summed E-state index contributed by atoms with van der Waals surface area (Å²) in [4.78, 5) is 36.5. The molecule has 0 saturated heterocycles. The largest absolute Gasteiger partial charge is 0.509 e. The maximum atomic E-state index is 12.4.